The van der Waals surface area contributed by atoms with Crippen LogP contribution in [-0.4, -0.2) is 71.3 Å². The number of nitro groups is 1. The molecule has 3 aliphatic rings. The number of fused-ring (bicyclic) bond motifs is 1. The summed E-state index contributed by atoms with van der Waals surface area (Å²) in [5, 5.41) is 13.8. The highest BCUT2D eigenvalue weighted by Crippen LogP contribution is 2.34. The van der Waals surface area contributed by atoms with E-state index in [0.717, 1.165) is 24.9 Å². The second-order valence-corrected chi connectivity index (χ2v) is 9.46. The summed E-state index contributed by atoms with van der Waals surface area (Å²) in [4.78, 5) is 54.4. The van der Waals surface area contributed by atoms with E-state index in [2.05, 4.69) is 17.1 Å². The molecule has 0 radical (unpaired) electrons. The standard InChI is InChI=1S/C24H33N5O5/c1-2-3-4-11-28-23(31)20-10-5-17(16-21(20)25-24(28)32)22(30)27-14-12-26(13-15-27)18-6-8-19(9-7-18)29(33)34/h6-9,17,20-21H,2-5,10-16H2,1H3,(H,25,32). The summed E-state index contributed by atoms with van der Waals surface area (Å²) in [5.74, 6) is -0.421. The van der Waals surface area contributed by atoms with E-state index < -0.39 is 4.92 Å². The third-order valence-corrected chi connectivity index (χ3v) is 7.34. The summed E-state index contributed by atoms with van der Waals surface area (Å²) < 4.78 is 0. The SMILES string of the molecule is CCCCCN1C(=O)NC2CC(C(=O)N3CCN(c4ccc([N+](=O)[O-])cc4)CC3)CCC2C1=O. The number of urea groups is 1. The van der Waals surface area contributed by atoms with Gasteiger partial charge in [0.15, 0.2) is 0 Å². The molecule has 0 bridgehead atoms. The fourth-order valence-electron chi connectivity index (χ4n) is 5.35. The molecule has 10 nitrogen and oxygen atoms in total. The number of anilines is 1. The van der Waals surface area contributed by atoms with Gasteiger partial charge in [-0.25, -0.2) is 4.79 Å². The van der Waals surface area contributed by atoms with Crippen molar-refractivity contribution >= 4 is 29.2 Å². The Labute approximate surface area is 199 Å². The predicted molar refractivity (Wildman–Crippen MR) is 126 cm³/mol. The monoisotopic (exact) mass is 471 g/mol. The van der Waals surface area contributed by atoms with Crippen LogP contribution >= 0.6 is 0 Å². The minimum Gasteiger partial charge on any atom is -0.368 e. The van der Waals surface area contributed by atoms with Gasteiger partial charge in [0.25, 0.3) is 5.69 Å². The fourth-order valence-corrected chi connectivity index (χ4v) is 5.35. The number of benzene rings is 1. The van der Waals surface area contributed by atoms with Crippen LogP contribution in [-0.2, 0) is 9.59 Å². The van der Waals surface area contributed by atoms with Gasteiger partial charge >= 0.3 is 6.03 Å². The molecule has 2 heterocycles. The van der Waals surface area contributed by atoms with E-state index in [4.69, 9.17) is 0 Å². The summed E-state index contributed by atoms with van der Waals surface area (Å²) in [6.07, 6.45) is 4.62. The van der Waals surface area contributed by atoms with Crippen molar-refractivity contribution in [2.24, 2.45) is 11.8 Å². The quantitative estimate of drug-likeness (QED) is 0.371. The molecular weight excluding hydrogens is 438 g/mol. The van der Waals surface area contributed by atoms with Gasteiger partial charge in [0.2, 0.25) is 11.8 Å². The van der Waals surface area contributed by atoms with Crippen LogP contribution in [0.2, 0.25) is 0 Å². The van der Waals surface area contributed by atoms with Crippen molar-refractivity contribution in [1.29, 1.82) is 0 Å². The molecule has 3 fully saturated rings. The van der Waals surface area contributed by atoms with Crippen LogP contribution in [0, 0.1) is 22.0 Å². The first kappa shape index (κ1) is 24.0. The van der Waals surface area contributed by atoms with E-state index in [1.807, 2.05) is 4.90 Å². The average molecular weight is 472 g/mol. The van der Waals surface area contributed by atoms with Gasteiger partial charge in [-0.3, -0.25) is 24.6 Å². The normalized spacial score (nSPS) is 25.1. The zero-order valence-corrected chi connectivity index (χ0v) is 19.6. The maximum atomic E-state index is 13.2. The molecule has 1 aromatic rings. The van der Waals surface area contributed by atoms with Crippen molar-refractivity contribution in [2.45, 2.75) is 51.5 Å². The number of hydrogen-bond acceptors (Lipinski definition) is 6. The van der Waals surface area contributed by atoms with E-state index in [0.29, 0.717) is 52.0 Å². The van der Waals surface area contributed by atoms with Crippen LogP contribution in [0.1, 0.15) is 45.4 Å². The molecule has 3 atom stereocenters. The van der Waals surface area contributed by atoms with Crippen molar-refractivity contribution in [3.8, 4) is 0 Å². The average Bonchev–Trinajstić information content (AvgIpc) is 2.85. The van der Waals surface area contributed by atoms with Crippen LogP contribution < -0.4 is 10.2 Å². The molecule has 1 saturated carbocycles. The number of amides is 4. The zero-order chi connectivity index (χ0) is 24.2. The van der Waals surface area contributed by atoms with E-state index in [-0.39, 0.29) is 41.4 Å². The number of imide groups is 1. The molecule has 4 rings (SSSR count). The first-order valence-corrected chi connectivity index (χ1v) is 12.3. The first-order valence-electron chi connectivity index (χ1n) is 12.3. The second kappa shape index (κ2) is 10.4. The van der Waals surface area contributed by atoms with Crippen LogP contribution in [0.4, 0.5) is 16.2 Å². The number of piperazine rings is 1. The van der Waals surface area contributed by atoms with E-state index in [1.165, 1.54) is 17.0 Å². The summed E-state index contributed by atoms with van der Waals surface area (Å²) in [5.41, 5.74) is 0.968. The van der Waals surface area contributed by atoms with Crippen molar-refractivity contribution in [3.05, 3.63) is 34.4 Å². The number of unbranched alkanes of at least 4 members (excludes halogenated alkanes) is 2. The molecule has 4 amide bonds. The maximum absolute atomic E-state index is 13.2. The minimum atomic E-state index is -0.415. The number of nitro benzene ring substituents is 1. The molecular formula is C24H33N5O5. The Kier molecular flexibility index (Phi) is 7.33. The Bertz CT molecular complexity index is 928. The number of nitrogens with zero attached hydrogens (tertiary/aromatic N) is 4. The highest BCUT2D eigenvalue weighted by molar-refractivity contribution is 5.99. The van der Waals surface area contributed by atoms with Gasteiger partial charge in [-0.15, -0.1) is 0 Å². The lowest BCUT2D eigenvalue weighted by molar-refractivity contribution is -0.384. The highest BCUT2D eigenvalue weighted by Gasteiger charge is 2.45. The number of carbonyl (C=O) groups excluding carboxylic acids is 3. The lowest BCUT2D eigenvalue weighted by Crippen LogP contribution is -2.62. The van der Waals surface area contributed by atoms with Gasteiger partial charge in [0.1, 0.15) is 0 Å². The van der Waals surface area contributed by atoms with E-state index in [1.54, 1.807) is 12.1 Å². The van der Waals surface area contributed by atoms with Crippen molar-refractivity contribution in [2.75, 3.05) is 37.6 Å². The fraction of sp³-hybridized carbons (Fsp3) is 0.625. The van der Waals surface area contributed by atoms with Crippen LogP contribution in [0.15, 0.2) is 24.3 Å². The lowest BCUT2D eigenvalue weighted by Gasteiger charge is -2.43. The van der Waals surface area contributed by atoms with Gasteiger partial charge < -0.3 is 15.1 Å². The molecule has 3 unspecified atom stereocenters. The van der Waals surface area contributed by atoms with Gasteiger partial charge in [-0.05, 0) is 37.8 Å². The molecule has 1 N–H and O–H groups in total. The molecule has 10 heteroatoms. The molecule has 1 aromatic carbocycles. The Morgan fingerprint density at radius 1 is 1.09 bits per heavy atom. The van der Waals surface area contributed by atoms with E-state index >= 15 is 0 Å². The van der Waals surface area contributed by atoms with Crippen LogP contribution in [0.3, 0.4) is 0 Å². The van der Waals surface area contributed by atoms with E-state index in [9.17, 15) is 24.5 Å². The molecule has 184 valence electrons. The van der Waals surface area contributed by atoms with Crippen LogP contribution in [0.5, 0.6) is 0 Å². The van der Waals surface area contributed by atoms with Gasteiger partial charge in [-0.1, -0.05) is 19.8 Å². The van der Waals surface area contributed by atoms with Crippen molar-refractivity contribution in [1.82, 2.24) is 15.1 Å². The number of carbonyl (C=O) groups is 3. The van der Waals surface area contributed by atoms with Gasteiger partial charge in [0, 0.05) is 62.5 Å². The molecule has 0 spiro atoms. The first-order chi connectivity index (χ1) is 16.4. The molecule has 34 heavy (non-hydrogen) atoms. The molecule has 0 aromatic heterocycles. The molecule has 2 aliphatic heterocycles. The zero-order valence-electron chi connectivity index (χ0n) is 19.6. The summed E-state index contributed by atoms with van der Waals surface area (Å²) in [6.45, 7) is 5.02. The topological polar surface area (TPSA) is 116 Å². The second-order valence-electron chi connectivity index (χ2n) is 9.46. The predicted octanol–water partition coefficient (Wildman–Crippen LogP) is 2.77. The van der Waals surface area contributed by atoms with Crippen LogP contribution in [0.25, 0.3) is 0 Å². The largest absolute Gasteiger partial charge is 0.368 e. The Balaban J connectivity index is 1.29. The Hall–Kier alpha value is -3.17. The van der Waals surface area contributed by atoms with Crippen molar-refractivity contribution < 1.29 is 19.3 Å². The number of non-ortho nitro benzene ring substituents is 1. The Morgan fingerprint density at radius 3 is 2.44 bits per heavy atom. The number of nitrogens with one attached hydrogen (secondary N) is 1. The summed E-state index contributed by atoms with van der Waals surface area (Å²) in [7, 11) is 0. The van der Waals surface area contributed by atoms with Crippen molar-refractivity contribution in [3.63, 3.8) is 0 Å². The Morgan fingerprint density at radius 2 is 1.79 bits per heavy atom. The van der Waals surface area contributed by atoms with Gasteiger partial charge in [-0.2, -0.15) is 0 Å². The smallest absolute Gasteiger partial charge is 0.324 e. The third kappa shape index (κ3) is 5.00. The minimum absolute atomic E-state index is 0.0607. The summed E-state index contributed by atoms with van der Waals surface area (Å²) in [6, 6.07) is 5.88. The lowest BCUT2D eigenvalue weighted by atomic mass is 9.76. The number of hydrogen-bond donors (Lipinski definition) is 1. The molecule has 2 saturated heterocycles. The number of rotatable bonds is 7. The molecule has 1 aliphatic carbocycles. The third-order valence-electron chi connectivity index (χ3n) is 7.34. The van der Waals surface area contributed by atoms with Gasteiger partial charge in [0.05, 0.1) is 10.8 Å². The maximum Gasteiger partial charge on any atom is 0.324 e. The highest BCUT2D eigenvalue weighted by atomic mass is 16.6. The summed E-state index contributed by atoms with van der Waals surface area (Å²) >= 11 is 0.